The minimum absolute atomic E-state index is 0.179. The number of fused-ring (bicyclic) bond motifs is 7. The maximum absolute atomic E-state index is 9.01. The quantitative estimate of drug-likeness (QED) is 0.198. The van der Waals surface area contributed by atoms with Crippen LogP contribution in [-0.2, 0) is 5.41 Å². The fraction of sp³-hybridized carbons (Fsp3) is 0.140. The molecule has 0 fully saturated rings. The maximum atomic E-state index is 9.01. The summed E-state index contributed by atoms with van der Waals surface area (Å²) in [6, 6.07) is 38.7. The molecule has 1 aliphatic heterocycles. The van der Waals surface area contributed by atoms with E-state index in [1.165, 1.54) is 0 Å². The molecule has 6 aromatic carbocycles. The van der Waals surface area contributed by atoms with Gasteiger partial charge >= 0.3 is 0 Å². The summed E-state index contributed by atoms with van der Waals surface area (Å²) < 4.78 is 64.0. The third-order valence-electron chi connectivity index (χ3n) is 9.82. The summed E-state index contributed by atoms with van der Waals surface area (Å²) in [5, 5.41) is 0. The topological polar surface area (TPSA) is 31.5 Å². The van der Waals surface area contributed by atoms with Crippen LogP contribution in [0.25, 0.3) is 55.8 Å². The number of aromatic nitrogens is 3. The summed E-state index contributed by atoms with van der Waals surface area (Å²) >= 11 is 0. The summed E-state index contributed by atoms with van der Waals surface area (Å²) in [7, 11) is 0. The second-order valence-corrected chi connectivity index (χ2v) is 12.6. The fourth-order valence-corrected chi connectivity index (χ4v) is 7.49. The molecule has 47 heavy (non-hydrogen) atoms. The van der Waals surface area contributed by atoms with Gasteiger partial charge in [-0.1, -0.05) is 98.7 Å². The molecule has 0 aliphatic carbocycles. The Hall–Kier alpha value is -5.61. The Labute approximate surface area is 283 Å². The second-order valence-electron chi connectivity index (χ2n) is 12.6. The van der Waals surface area contributed by atoms with E-state index in [-0.39, 0.29) is 5.56 Å². The summed E-state index contributed by atoms with van der Waals surface area (Å²) in [5.74, 6) is 1.56. The van der Waals surface area contributed by atoms with Crippen molar-refractivity contribution in [3.8, 4) is 39.4 Å². The van der Waals surface area contributed by atoms with Gasteiger partial charge in [-0.05, 0) is 90.5 Å². The van der Waals surface area contributed by atoms with Gasteiger partial charge in [0, 0.05) is 30.3 Å². The van der Waals surface area contributed by atoms with Crippen molar-refractivity contribution in [1.82, 2.24) is 14.0 Å². The number of ether oxygens (including phenoxy) is 1. The summed E-state index contributed by atoms with van der Waals surface area (Å²) in [4.78, 5) is 5.06. The van der Waals surface area contributed by atoms with E-state index >= 15 is 0 Å². The molecule has 1 aliphatic rings. The lowest BCUT2D eigenvalue weighted by Gasteiger charge is -2.35. The maximum Gasteiger partial charge on any atom is 0.220 e. The van der Waals surface area contributed by atoms with Crippen molar-refractivity contribution >= 4 is 27.8 Å². The number of imidazole rings is 2. The third kappa shape index (κ3) is 3.85. The van der Waals surface area contributed by atoms with Gasteiger partial charge in [0.25, 0.3) is 0 Å². The Bertz CT molecular complexity index is 2790. The largest absolute Gasteiger partial charge is 0.456 e. The van der Waals surface area contributed by atoms with Gasteiger partial charge in [-0.15, -0.1) is 0 Å². The molecule has 2 aromatic heterocycles. The zero-order valence-corrected chi connectivity index (χ0v) is 26.3. The summed E-state index contributed by atoms with van der Waals surface area (Å²) in [5.41, 5.74) is 8.60. The van der Waals surface area contributed by atoms with Crippen LogP contribution in [0.15, 0.2) is 121 Å². The molecular formula is C43H35N3O. The van der Waals surface area contributed by atoms with E-state index in [2.05, 4.69) is 27.2 Å². The van der Waals surface area contributed by atoms with E-state index in [1.54, 1.807) is 31.2 Å². The molecule has 0 spiro atoms. The van der Waals surface area contributed by atoms with Crippen LogP contribution >= 0.6 is 0 Å². The first kappa shape index (κ1) is 22.0. The van der Waals surface area contributed by atoms with Gasteiger partial charge < -0.3 is 4.74 Å². The molecule has 0 N–H and O–H groups in total. The van der Waals surface area contributed by atoms with Crippen molar-refractivity contribution < 1.29 is 13.0 Å². The first-order chi connectivity index (χ1) is 25.3. The number of rotatable bonds is 3. The highest BCUT2D eigenvalue weighted by molar-refractivity contribution is 5.93. The molecule has 228 valence electrons. The molecule has 4 heteroatoms. The van der Waals surface area contributed by atoms with Crippen molar-refractivity contribution in [1.29, 1.82) is 0 Å². The number of hydrogen-bond donors (Lipinski definition) is 0. The molecule has 4 nitrogen and oxygen atoms in total. The Morgan fingerprint density at radius 1 is 0.660 bits per heavy atom. The van der Waals surface area contributed by atoms with Crippen molar-refractivity contribution in [2.75, 3.05) is 0 Å². The zero-order chi connectivity index (χ0) is 37.0. The fourth-order valence-electron chi connectivity index (χ4n) is 7.49. The molecule has 3 heterocycles. The Morgan fingerprint density at radius 3 is 2.21 bits per heavy atom. The van der Waals surface area contributed by atoms with Crippen LogP contribution in [0, 0.1) is 20.7 Å². The highest BCUT2D eigenvalue weighted by atomic mass is 16.5. The van der Waals surface area contributed by atoms with Crippen molar-refractivity contribution in [3.63, 3.8) is 0 Å². The smallest absolute Gasteiger partial charge is 0.220 e. The molecule has 0 radical (unpaired) electrons. The van der Waals surface area contributed by atoms with Crippen LogP contribution in [-0.4, -0.2) is 14.0 Å². The number of nitrogens with zero attached hydrogens (tertiary/aromatic N) is 3. The Kier molecular flexibility index (Phi) is 4.66. The summed E-state index contributed by atoms with van der Waals surface area (Å²) in [6.45, 7) is 0.667. The standard InChI is InChI=1S/C43H35N3O/c1-26-24-25-30(28(3)40(26)31-15-12-17-33-41(31)47-39-23-11-6-16-32(39)43(33,4)5)29-14-13-22-35(27(29)2)45-37-20-9-10-21-38(37)46-36-19-8-7-18-34(36)44-42(45)46/h6-25H,1-5H3/i3D3,4D3. The van der Waals surface area contributed by atoms with Crippen LogP contribution < -0.4 is 4.74 Å². The van der Waals surface area contributed by atoms with Crippen LogP contribution in [0.3, 0.4) is 0 Å². The predicted molar refractivity (Wildman–Crippen MR) is 193 cm³/mol. The normalized spacial score (nSPS) is 18.0. The highest BCUT2D eigenvalue weighted by Gasteiger charge is 2.35. The van der Waals surface area contributed by atoms with E-state index in [4.69, 9.17) is 17.9 Å². The second kappa shape index (κ2) is 9.94. The van der Waals surface area contributed by atoms with E-state index < -0.39 is 19.1 Å². The lowest BCUT2D eigenvalue weighted by atomic mass is 9.74. The van der Waals surface area contributed by atoms with E-state index in [1.807, 2.05) is 92.7 Å². The Balaban J connectivity index is 1.31. The van der Waals surface area contributed by atoms with Gasteiger partial charge in [-0.3, -0.25) is 8.97 Å². The minimum atomic E-state index is -2.55. The SMILES string of the molecule is [2H]C([2H])([2H])c1c(-c2cccc(-n3c4ccccc4n4c5ccccc5nc34)c2C)ccc(C)c1-c1cccc2c1Oc1ccccc1C2(C)C([2H])([2H])[2H]. The summed E-state index contributed by atoms with van der Waals surface area (Å²) in [6.07, 6.45) is 0. The van der Waals surface area contributed by atoms with Gasteiger partial charge in [0.15, 0.2) is 0 Å². The van der Waals surface area contributed by atoms with Crippen LogP contribution in [0.4, 0.5) is 0 Å². The Morgan fingerprint density at radius 2 is 1.36 bits per heavy atom. The average molecular weight is 616 g/mol. The highest BCUT2D eigenvalue weighted by Crippen LogP contribution is 2.52. The molecule has 9 rings (SSSR count). The number of hydrogen-bond acceptors (Lipinski definition) is 2. The lowest BCUT2D eigenvalue weighted by Crippen LogP contribution is -2.24. The van der Waals surface area contributed by atoms with Crippen molar-refractivity contribution in [3.05, 3.63) is 149 Å². The van der Waals surface area contributed by atoms with Crippen LogP contribution in [0.1, 0.15) is 49.8 Å². The van der Waals surface area contributed by atoms with Crippen LogP contribution in [0.2, 0.25) is 0 Å². The molecule has 0 bridgehead atoms. The molecule has 1 unspecified atom stereocenters. The van der Waals surface area contributed by atoms with Crippen molar-refractivity contribution in [2.45, 2.75) is 39.9 Å². The van der Waals surface area contributed by atoms with Gasteiger partial charge in [0.05, 0.1) is 27.8 Å². The first-order valence-electron chi connectivity index (χ1n) is 18.8. The number of aryl methyl sites for hydroxylation is 1. The molecule has 8 aromatic rings. The molecule has 0 amide bonds. The van der Waals surface area contributed by atoms with E-state index in [0.29, 0.717) is 39.3 Å². The van der Waals surface area contributed by atoms with Gasteiger partial charge in [-0.25, -0.2) is 4.98 Å². The molecule has 1 atom stereocenters. The van der Waals surface area contributed by atoms with Crippen LogP contribution in [0.5, 0.6) is 11.5 Å². The number of benzene rings is 6. The van der Waals surface area contributed by atoms with Gasteiger partial charge in [-0.2, -0.15) is 0 Å². The van der Waals surface area contributed by atoms with Gasteiger partial charge in [0.2, 0.25) is 5.78 Å². The van der Waals surface area contributed by atoms with Gasteiger partial charge in [0.1, 0.15) is 11.5 Å². The van der Waals surface area contributed by atoms with E-state index in [9.17, 15) is 0 Å². The number of para-hydroxylation sites is 6. The zero-order valence-electron chi connectivity index (χ0n) is 32.3. The third-order valence-corrected chi connectivity index (χ3v) is 9.82. The average Bonchev–Trinajstić information content (AvgIpc) is 3.66. The predicted octanol–water partition coefficient (Wildman–Crippen LogP) is 11.1. The molecule has 0 saturated carbocycles. The first-order valence-corrected chi connectivity index (χ1v) is 15.8. The molecule has 0 saturated heterocycles. The minimum Gasteiger partial charge on any atom is -0.456 e. The monoisotopic (exact) mass is 615 g/mol. The molecular weight excluding hydrogens is 574 g/mol. The van der Waals surface area contributed by atoms with E-state index in [0.717, 1.165) is 50.2 Å². The lowest BCUT2D eigenvalue weighted by molar-refractivity contribution is 0.419. The van der Waals surface area contributed by atoms with Crippen molar-refractivity contribution in [2.24, 2.45) is 0 Å².